The Kier molecular flexibility index (Phi) is 3.56. The largest absolute Gasteiger partial charge is 0.444 e. The van der Waals surface area contributed by atoms with Crippen molar-refractivity contribution in [1.82, 2.24) is 9.80 Å². The van der Waals surface area contributed by atoms with E-state index in [1.165, 1.54) is 0 Å². The molecule has 0 unspecified atom stereocenters. The van der Waals surface area contributed by atoms with Crippen molar-refractivity contribution >= 4 is 12.0 Å². The van der Waals surface area contributed by atoms with Gasteiger partial charge in [-0.05, 0) is 33.6 Å². The highest BCUT2D eigenvalue weighted by Crippen LogP contribution is 2.24. The van der Waals surface area contributed by atoms with Gasteiger partial charge >= 0.3 is 6.09 Å². The zero-order valence-electron chi connectivity index (χ0n) is 11.9. The Morgan fingerprint density at radius 1 is 1.37 bits per heavy atom. The van der Waals surface area contributed by atoms with E-state index in [9.17, 15) is 9.59 Å². The average molecular weight is 266 g/mol. The lowest BCUT2D eigenvalue weighted by Crippen LogP contribution is -2.41. The first-order valence-corrected chi connectivity index (χ1v) is 6.74. The van der Waals surface area contributed by atoms with Gasteiger partial charge in [-0.2, -0.15) is 0 Å². The van der Waals surface area contributed by atoms with E-state index in [0.717, 1.165) is 19.4 Å². The Hall–Kier alpha value is -1.52. The number of hydrogen-bond donors (Lipinski definition) is 0. The Labute approximate surface area is 114 Å². The van der Waals surface area contributed by atoms with E-state index in [1.54, 1.807) is 4.90 Å². The van der Waals surface area contributed by atoms with Gasteiger partial charge < -0.3 is 14.5 Å². The van der Waals surface area contributed by atoms with Crippen molar-refractivity contribution in [1.29, 1.82) is 0 Å². The third-order valence-corrected chi connectivity index (χ3v) is 3.47. The first-order valence-electron chi connectivity index (χ1n) is 6.74. The first-order chi connectivity index (χ1) is 8.78. The highest BCUT2D eigenvalue weighted by Gasteiger charge is 2.37. The van der Waals surface area contributed by atoms with Crippen LogP contribution in [0.15, 0.2) is 12.2 Å². The summed E-state index contributed by atoms with van der Waals surface area (Å²) < 4.78 is 5.35. The van der Waals surface area contributed by atoms with Gasteiger partial charge in [0.05, 0.1) is 6.04 Å². The number of hydrogen-bond acceptors (Lipinski definition) is 3. The molecule has 2 fully saturated rings. The third-order valence-electron chi connectivity index (χ3n) is 3.47. The molecule has 0 spiro atoms. The van der Waals surface area contributed by atoms with Gasteiger partial charge in [0, 0.05) is 25.2 Å². The normalized spacial score (nSPS) is 24.3. The lowest BCUT2D eigenvalue weighted by Gasteiger charge is -2.26. The van der Waals surface area contributed by atoms with Gasteiger partial charge in [-0.15, -0.1) is 0 Å². The molecule has 0 aromatic rings. The van der Waals surface area contributed by atoms with Crippen molar-refractivity contribution in [3.05, 3.63) is 12.2 Å². The number of rotatable bonds is 1. The highest BCUT2D eigenvalue weighted by atomic mass is 16.6. The maximum Gasteiger partial charge on any atom is 0.410 e. The summed E-state index contributed by atoms with van der Waals surface area (Å²) in [6.07, 6.45) is 1.26. The van der Waals surface area contributed by atoms with Crippen molar-refractivity contribution in [2.75, 3.05) is 19.6 Å². The molecule has 0 N–H and O–H groups in total. The quantitative estimate of drug-likeness (QED) is 0.680. The molecule has 2 rings (SSSR count). The fourth-order valence-corrected chi connectivity index (χ4v) is 2.50. The second-order valence-corrected chi connectivity index (χ2v) is 6.22. The molecule has 2 saturated heterocycles. The Morgan fingerprint density at radius 2 is 2.05 bits per heavy atom. The third kappa shape index (κ3) is 3.08. The summed E-state index contributed by atoms with van der Waals surface area (Å²) in [7, 11) is 0. The minimum absolute atomic E-state index is 0.0380. The maximum absolute atomic E-state index is 11.9. The summed E-state index contributed by atoms with van der Waals surface area (Å²) >= 11 is 0. The fourth-order valence-electron chi connectivity index (χ4n) is 2.50. The van der Waals surface area contributed by atoms with E-state index in [0.29, 0.717) is 18.7 Å². The van der Waals surface area contributed by atoms with E-state index >= 15 is 0 Å². The summed E-state index contributed by atoms with van der Waals surface area (Å²) in [4.78, 5) is 27.4. The van der Waals surface area contributed by atoms with Crippen LogP contribution in [0.25, 0.3) is 0 Å². The first kappa shape index (κ1) is 13.9. The van der Waals surface area contributed by atoms with E-state index < -0.39 is 5.60 Å². The van der Waals surface area contributed by atoms with Crippen molar-refractivity contribution in [3.8, 4) is 0 Å². The standard InChI is InChI=1S/C14H22N2O3/c1-10-5-8-16(12(10)17)11-6-7-15(9-11)13(18)19-14(2,3)4/h11H,1,5-9H2,2-4H3/t11-/m0/s1. The van der Waals surface area contributed by atoms with Crippen LogP contribution in [-0.2, 0) is 9.53 Å². The molecule has 2 amide bonds. The van der Waals surface area contributed by atoms with Crippen LogP contribution in [0.5, 0.6) is 0 Å². The van der Waals surface area contributed by atoms with Crippen molar-refractivity contribution in [2.45, 2.75) is 45.3 Å². The van der Waals surface area contributed by atoms with Gasteiger partial charge in [-0.3, -0.25) is 4.79 Å². The molecule has 2 aliphatic heterocycles. The predicted molar refractivity (Wildman–Crippen MR) is 71.7 cm³/mol. The maximum atomic E-state index is 11.9. The number of likely N-dealkylation sites (tertiary alicyclic amines) is 2. The van der Waals surface area contributed by atoms with Crippen LogP contribution in [-0.4, -0.2) is 53.1 Å². The Bertz CT molecular complexity index is 411. The van der Waals surface area contributed by atoms with Crippen molar-refractivity contribution < 1.29 is 14.3 Å². The molecule has 0 aromatic heterocycles. The smallest absolute Gasteiger partial charge is 0.410 e. The molecule has 19 heavy (non-hydrogen) atoms. The second-order valence-electron chi connectivity index (χ2n) is 6.22. The zero-order chi connectivity index (χ0) is 14.2. The molecule has 106 valence electrons. The van der Waals surface area contributed by atoms with Gasteiger partial charge in [0.15, 0.2) is 0 Å². The average Bonchev–Trinajstić information content (AvgIpc) is 2.85. The van der Waals surface area contributed by atoms with Crippen LogP contribution in [0, 0.1) is 0 Å². The molecule has 0 radical (unpaired) electrons. The number of amides is 2. The topological polar surface area (TPSA) is 49.9 Å². The molecular formula is C14H22N2O3. The lowest BCUT2D eigenvalue weighted by molar-refractivity contribution is -0.126. The monoisotopic (exact) mass is 266 g/mol. The van der Waals surface area contributed by atoms with Crippen LogP contribution in [0.3, 0.4) is 0 Å². The molecule has 2 aliphatic rings. The molecule has 0 aliphatic carbocycles. The summed E-state index contributed by atoms with van der Waals surface area (Å²) in [5.74, 6) is 0.0380. The number of ether oxygens (including phenoxy) is 1. The second kappa shape index (κ2) is 4.87. The van der Waals surface area contributed by atoms with E-state index in [2.05, 4.69) is 6.58 Å². The molecule has 2 heterocycles. The van der Waals surface area contributed by atoms with Crippen LogP contribution in [0.4, 0.5) is 4.79 Å². The summed E-state index contributed by atoms with van der Waals surface area (Å²) in [5, 5.41) is 0. The van der Waals surface area contributed by atoms with Gasteiger partial charge in [-0.1, -0.05) is 6.58 Å². The van der Waals surface area contributed by atoms with Crippen molar-refractivity contribution in [3.63, 3.8) is 0 Å². The van der Waals surface area contributed by atoms with Gasteiger partial charge in [0.2, 0.25) is 5.91 Å². The number of carbonyl (C=O) groups excluding carboxylic acids is 2. The van der Waals surface area contributed by atoms with Gasteiger partial charge in [-0.25, -0.2) is 4.79 Å². The molecule has 0 aromatic carbocycles. The van der Waals surface area contributed by atoms with Gasteiger partial charge in [0.1, 0.15) is 5.60 Å². The minimum Gasteiger partial charge on any atom is -0.444 e. The summed E-state index contributed by atoms with van der Waals surface area (Å²) in [6, 6.07) is 0.110. The van der Waals surface area contributed by atoms with E-state index in [4.69, 9.17) is 4.74 Å². The van der Waals surface area contributed by atoms with Gasteiger partial charge in [0.25, 0.3) is 0 Å². The zero-order valence-corrected chi connectivity index (χ0v) is 11.9. The molecule has 5 heteroatoms. The molecule has 1 atom stereocenters. The fraction of sp³-hybridized carbons (Fsp3) is 0.714. The van der Waals surface area contributed by atoms with E-state index in [-0.39, 0.29) is 18.0 Å². The Balaban J connectivity index is 1.92. The molecular weight excluding hydrogens is 244 g/mol. The summed E-state index contributed by atoms with van der Waals surface area (Å²) in [5.41, 5.74) is 0.197. The van der Waals surface area contributed by atoms with Crippen LogP contribution < -0.4 is 0 Å². The van der Waals surface area contributed by atoms with Crippen LogP contribution in [0.1, 0.15) is 33.6 Å². The molecule has 0 bridgehead atoms. The molecule has 0 saturated carbocycles. The van der Waals surface area contributed by atoms with E-state index in [1.807, 2.05) is 25.7 Å². The Morgan fingerprint density at radius 3 is 2.58 bits per heavy atom. The van der Waals surface area contributed by atoms with Crippen LogP contribution in [0.2, 0.25) is 0 Å². The number of carbonyl (C=O) groups is 2. The SMILES string of the molecule is C=C1CCN([C@H]2CCN(C(=O)OC(C)(C)C)C2)C1=O. The van der Waals surface area contributed by atoms with Crippen LogP contribution >= 0.6 is 0 Å². The number of nitrogens with zero attached hydrogens (tertiary/aromatic N) is 2. The summed E-state index contributed by atoms with van der Waals surface area (Å²) in [6.45, 7) is 11.3. The predicted octanol–water partition coefficient (Wildman–Crippen LogP) is 1.78. The van der Waals surface area contributed by atoms with Crippen molar-refractivity contribution in [2.24, 2.45) is 0 Å². The highest BCUT2D eigenvalue weighted by molar-refractivity contribution is 5.95. The minimum atomic E-state index is -0.479. The lowest BCUT2D eigenvalue weighted by atomic mass is 10.2. The molecule has 5 nitrogen and oxygen atoms in total.